The Bertz CT molecular complexity index is 501. The molecule has 1 saturated heterocycles. The number of carbonyl (C=O) groups is 1. The van der Waals surface area contributed by atoms with E-state index in [-0.39, 0.29) is 23.5 Å². The second-order valence-corrected chi connectivity index (χ2v) is 7.46. The zero-order valence-corrected chi connectivity index (χ0v) is 14.1. The quantitative estimate of drug-likeness (QED) is 0.923. The van der Waals surface area contributed by atoms with Gasteiger partial charge in [0.25, 0.3) is 0 Å². The molecule has 1 amide bonds. The van der Waals surface area contributed by atoms with Crippen molar-refractivity contribution in [3.63, 3.8) is 0 Å². The minimum Gasteiger partial charge on any atom is -0.321 e. The Balaban J connectivity index is 2.23. The summed E-state index contributed by atoms with van der Waals surface area (Å²) < 4.78 is 0. The van der Waals surface area contributed by atoms with Crippen LogP contribution in [0.25, 0.3) is 0 Å². The summed E-state index contributed by atoms with van der Waals surface area (Å²) in [5, 5.41) is 3.42. The lowest BCUT2D eigenvalue weighted by molar-refractivity contribution is -0.130. The highest BCUT2D eigenvalue weighted by atomic mass is 16.2. The molecule has 0 radical (unpaired) electrons. The first kappa shape index (κ1) is 16.0. The molecule has 3 unspecified atom stereocenters. The molecule has 0 spiro atoms. The zero-order chi connectivity index (χ0) is 15.8. The Morgan fingerprint density at radius 2 is 1.81 bits per heavy atom. The third kappa shape index (κ3) is 3.46. The number of nitrogens with zero attached hydrogens (tertiary/aromatic N) is 1. The second-order valence-electron chi connectivity index (χ2n) is 7.46. The SMILES string of the molecule is Cc1ccc(C2NC(C)C(=O)N2CC(C)C(C)(C)C)cc1. The van der Waals surface area contributed by atoms with Crippen LogP contribution < -0.4 is 5.32 Å². The molecule has 0 aromatic heterocycles. The first-order valence-electron chi connectivity index (χ1n) is 7.83. The molecule has 1 N–H and O–H groups in total. The van der Waals surface area contributed by atoms with Crippen molar-refractivity contribution in [2.45, 2.75) is 53.8 Å². The van der Waals surface area contributed by atoms with E-state index in [4.69, 9.17) is 0 Å². The van der Waals surface area contributed by atoms with Crippen molar-refractivity contribution >= 4 is 5.91 Å². The minimum atomic E-state index is -0.108. The number of rotatable bonds is 3. The van der Waals surface area contributed by atoms with Gasteiger partial charge in [-0.1, -0.05) is 57.5 Å². The van der Waals surface area contributed by atoms with Crippen LogP contribution >= 0.6 is 0 Å². The maximum atomic E-state index is 12.5. The highest BCUT2D eigenvalue weighted by Crippen LogP contribution is 2.31. The smallest absolute Gasteiger partial charge is 0.241 e. The average Bonchev–Trinajstić information content (AvgIpc) is 2.67. The number of hydrogen-bond donors (Lipinski definition) is 1. The molecule has 21 heavy (non-hydrogen) atoms. The first-order valence-corrected chi connectivity index (χ1v) is 7.83. The van der Waals surface area contributed by atoms with E-state index in [9.17, 15) is 4.79 Å². The lowest BCUT2D eigenvalue weighted by Gasteiger charge is -2.34. The van der Waals surface area contributed by atoms with Crippen molar-refractivity contribution < 1.29 is 4.79 Å². The molecule has 0 bridgehead atoms. The maximum absolute atomic E-state index is 12.5. The van der Waals surface area contributed by atoms with Crippen LogP contribution in [0.2, 0.25) is 0 Å². The highest BCUT2D eigenvalue weighted by molar-refractivity contribution is 5.84. The third-order valence-corrected chi connectivity index (χ3v) is 4.72. The van der Waals surface area contributed by atoms with Crippen molar-refractivity contribution in [1.82, 2.24) is 10.2 Å². The van der Waals surface area contributed by atoms with Gasteiger partial charge in [0.1, 0.15) is 6.17 Å². The van der Waals surface area contributed by atoms with E-state index < -0.39 is 0 Å². The molecule has 1 aromatic carbocycles. The van der Waals surface area contributed by atoms with Crippen LogP contribution in [-0.2, 0) is 4.79 Å². The molecule has 3 atom stereocenters. The van der Waals surface area contributed by atoms with Gasteiger partial charge in [0.05, 0.1) is 6.04 Å². The summed E-state index contributed by atoms with van der Waals surface area (Å²) in [6.07, 6.45) is -0.00194. The summed E-state index contributed by atoms with van der Waals surface area (Å²) in [5.41, 5.74) is 2.61. The summed E-state index contributed by atoms with van der Waals surface area (Å²) in [7, 11) is 0. The minimum absolute atomic E-state index is 0.00194. The molecule has 0 aliphatic carbocycles. The van der Waals surface area contributed by atoms with Crippen LogP contribution in [0.5, 0.6) is 0 Å². The van der Waals surface area contributed by atoms with Gasteiger partial charge in [0, 0.05) is 6.54 Å². The first-order chi connectivity index (χ1) is 9.70. The van der Waals surface area contributed by atoms with Gasteiger partial charge in [-0.3, -0.25) is 10.1 Å². The van der Waals surface area contributed by atoms with Gasteiger partial charge in [-0.05, 0) is 30.7 Å². The maximum Gasteiger partial charge on any atom is 0.241 e. The van der Waals surface area contributed by atoms with E-state index in [1.165, 1.54) is 11.1 Å². The fraction of sp³-hybridized carbons (Fsp3) is 0.611. The number of benzene rings is 1. The summed E-state index contributed by atoms with van der Waals surface area (Å²) in [5.74, 6) is 0.651. The highest BCUT2D eigenvalue weighted by Gasteiger charge is 2.38. The van der Waals surface area contributed by atoms with Gasteiger partial charge in [0.15, 0.2) is 0 Å². The van der Waals surface area contributed by atoms with E-state index in [2.05, 4.69) is 64.2 Å². The Hall–Kier alpha value is -1.35. The largest absolute Gasteiger partial charge is 0.321 e. The molecular formula is C18H28N2O. The summed E-state index contributed by atoms with van der Waals surface area (Å²) >= 11 is 0. The van der Waals surface area contributed by atoms with Crippen molar-refractivity contribution in [2.24, 2.45) is 11.3 Å². The lowest BCUT2D eigenvalue weighted by Crippen LogP contribution is -2.38. The zero-order valence-electron chi connectivity index (χ0n) is 14.1. The molecule has 0 saturated carbocycles. The van der Waals surface area contributed by atoms with E-state index >= 15 is 0 Å². The van der Waals surface area contributed by atoms with Gasteiger partial charge in [0.2, 0.25) is 5.91 Å². The second kappa shape index (κ2) is 5.80. The van der Waals surface area contributed by atoms with Crippen molar-refractivity contribution in [2.75, 3.05) is 6.54 Å². The van der Waals surface area contributed by atoms with E-state index in [1.807, 2.05) is 11.8 Å². The predicted octanol–water partition coefficient (Wildman–Crippen LogP) is 3.50. The van der Waals surface area contributed by atoms with Crippen molar-refractivity contribution in [3.05, 3.63) is 35.4 Å². The molecule has 1 aromatic rings. The van der Waals surface area contributed by atoms with Gasteiger partial charge in [-0.15, -0.1) is 0 Å². The number of nitrogens with one attached hydrogen (secondary N) is 1. The molecular weight excluding hydrogens is 260 g/mol. The molecule has 3 heteroatoms. The number of aryl methyl sites for hydroxylation is 1. The Morgan fingerprint density at radius 3 is 2.33 bits per heavy atom. The molecule has 2 rings (SSSR count). The number of carbonyl (C=O) groups excluding carboxylic acids is 1. The average molecular weight is 288 g/mol. The lowest BCUT2D eigenvalue weighted by atomic mass is 9.81. The molecule has 1 fully saturated rings. The molecule has 3 nitrogen and oxygen atoms in total. The van der Waals surface area contributed by atoms with Crippen LogP contribution in [-0.4, -0.2) is 23.4 Å². The Labute approximate surface area is 128 Å². The molecule has 1 aliphatic heterocycles. The fourth-order valence-electron chi connectivity index (χ4n) is 2.56. The molecule has 116 valence electrons. The van der Waals surface area contributed by atoms with E-state index in [0.29, 0.717) is 5.92 Å². The third-order valence-electron chi connectivity index (χ3n) is 4.72. The predicted molar refractivity (Wildman–Crippen MR) is 86.8 cm³/mol. The number of hydrogen-bond acceptors (Lipinski definition) is 2. The Kier molecular flexibility index (Phi) is 4.43. The number of amides is 1. The topological polar surface area (TPSA) is 32.3 Å². The summed E-state index contributed by atoms with van der Waals surface area (Å²) in [6, 6.07) is 8.34. The van der Waals surface area contributed by atoms with Gasteiger partial charge in [-0.2, -0.15) is 0 Å². The van der Waals surface area contributed by atoms with E-state index in [1.54, 1.807) is 0 Å². The normalized spacial score (nSPS) is 24.5. The van der Waals surface area contributed by atoms with Crippen LogP contribution in [0, 0.1) is 18.3 Å². The van der Waals surface area contributed by atoms with Crippen LogP contribution in [0.15, 0.2) is 24.3 Å². The van der Waals surface area contributed by atoms with Gasteiger partial charge >= 0.3 is 0 Å². The van der Waals surface area contributed by atoms with Crippen LogP contribution in [0.1, 0.15) is 51.9 Å². The molecule has 1 heterocycles. The van der Waals surface area contributed by atoms with Crippen LogP contribution in [0.4, 0.5) is 0 Å². The van der Waals surface area contributed by atoms with Crippen molar-refractivity contribution in [1.29, 1.82) is 0 Å². The summed E-state index contributed by atoms with van der Waals surface area (Å²) in [6.45, 7) is 13.7. The van der Waals surface area contributed by atoms with Crippen molar-refractivity contribution in [3.8, 4) is 0 Å². The van der Waals surface area contributed by atoms with E-state index in [0.717, 1.165) is 6.54 Å². The fourth-order valence-corrected chi connectivity index (χ4v) is 2.56. The van der Waals surface area contributed by atoms with Crippen LogP contribution in [0.3, 0.4) is 0 Å². The molecule has 1 aliphatic rings. The monoisotopic (exact) mass is 288 g/mol. The Morgan fingerprint density at radius 1 is 1.24 bits per heavy atom. The summed E-state index contributed by atoms with van der Waals surface area (Å²) in [4.78, 5) is 14.5. The standard InChI is InChI=1S/C18H28N2O/c1-12-7-9-15(10-8-12)16-19-14(3)17(21)20(16)11-13(2)18(4,5)6/h7-10,13-14,16,19H,11H2,1-6H3. The van der Waals surface area contributed by atoms with Gasteiger partial charge < -0.3 is 4.90 Å². The van der Waals surface area contributed by atoms with Gasteiger partial charge in [-0.25, -0.2) is 0 Å².